The second kappa shape index (κ2) is 8.23. The molecule has 0 saturated heterocycles. The van der Waals surface area contributed by atoms with Crippen LogP contribution in [-0.4, -0.2) is 38.6 Å². The van der Waals surface area contributed by atoms with Crippen LogP contribution in [0.3, 0.4) is 0 Å². The molecule has 8 heteroatoms. The topological polar surface area (TPSA) is 103 Å². The smallest absolute Gasteiger partial charge is 0.343 e. The number of aromatic nitrogens is 3. The van der Waals surface area contributed by atoms with Gasteiger partial charge in [0.15, 0.2) is 5.16 Å². The average molecular weight is 316 g/mol. The molecule has 0 saturated carbocycles. The van der Waals surface area contributed by atoms with Crippen LogP contribution in [0.4, 0.5) is 0 Å². The number of nitrogens with one attached hydrogen (secondary N) is 1. The van der Waals surface area contributed by atoms with Crippen LogP contribution in [0, 0.1) is 0 Å². The van der Waals surface area contributed by atoms with Crippen LogP contribution in [-0.2, 0) is 16.1 Å². The summed E-state index contributed by atoms with van der Waals surface area (Å²) in [5.74, 6) is 0.466. The average Bonchev–Trinajstić information content (AvgIpc) is 2.79. The summed E-state index contributed by atoms with van der Waals surface area (Å²) in [7, 11) is 0. The highest BCUT2D eigenvalue weighted by Gasteiger charge is 2.28. The van der Waals surface area contributed by atoms with E-state index in [-0.39, 0.29) is 11.7 Å². The van der Waals surface area contributed by atoms with E-state index in [0.717, 1.165) is 18.6 Å². The number of nitrogens with two attached hydrogens (primary N) is 1. The van der Waals surface area contributed by atoms with Gasteiger partial charge in [0.2, 0.25) is 0 Å². The first kappa shape index (κ1) is 17.8. The van der Waals surface area contributed by atoms with Crippen molar-refractivity contribution in [3.63, 3.8) is 0 Å². The summed E-state index contributed by atoms with van der Waals surface area (Å²) in [4.78, 5) is 23.0. The molecule has 1 heterocycles. The Kier molecular flexibility index (Phi) is 6.97. The first-order valence-corrected chi connectivity index (χ1v) is 8.15. The maximum atomic E-state index is 11.6. The number of carbonyl (C=O) groups is 1. The van der Waals surface area contributed by atoms with Gasteiger partial charge in [0, 0.05) is 12.3 Å². The van der Waals surface area contributed by atoms with Gasteiger partial charge in [-0.05, 0) is 33.6 Å². The lowest BCUT2D eigenvalue weighted by Gasteiger charge is -2.21. The van der Waals surface area contributed by atoms with Gasteiger partial charge >= 0.3 is 11.7 Å². The van der Waals surface area contributed by atoms with E-state index in [1.54, 1.807) is 18.4 Å². The number of hydrogen-bond acceptors (Lipinski definition) is 6. The van der Waals surface area contributed by atoms with E-state index >= 15 is 0 Å². The fourth-order valence-corrected chi connectivity index (χ4v) is 2.86. The van der Waals surface area contributed by atoms with Gasteiger partial charge in [-0.15, -0.1) is 5.10 Å². The van der Waals surface area contributed by atoms with Crippen molar-refractivity contribution in [2.45, 2.75) is 57.3 Å². The van der Waals surface area contributed by atoms with Gasteiger partial charge in [0.25, 0.3) is 0 Å². The molecule has 0 fully saturated rings. The fraction of sp³-hybridized carbons (Fsp3) is 0.769. The maximum absolute atomic E-state index is 11.6. The molecule has 1 rings (SSSR count). The molecule has 3 N–H and O–H groups in total. The summed E-state index contributed by atoms with van der Waals surface area (Å²) >= 11 is 1.53. The molecule has 1 unspecified atom stereocenters. The minimum Gasteiger partial charge on any atom is -0.465 e. The van der Waals surface area contributed by atoms with Crippen molar-refractivity contribution >= 4 is 17.7 Å². The highest BCUT2D eigenvalue weighted by molar-refractivity contribution is 7.99. The van der Waals surface area contributed by atoms with Crippen LogP contribution in [0.2, 0.25) is 0 Å². The predicted molar refractivity (Wildman–Crippen MR) is 82.3 cm³/mol. The van der Waals surface area contributed by atoms with Crippen LogP contribution in [0.1, 0.15) is 40.0 Å². The Balaban J connectivity index is 2.31. The van der Waals surface area contributed by atoms with Crippen LogP contribution >= 0.6 is 11.8 Å². The maximum Gasteiger partial charge on any atom is 0.343 e. The third-order valence-electron chi connectivity index (χ3n) is 3.10. The molecule has 0 spiro atoms. The lowest BCUT2D eigenvalue weighted by atomic mass is 9.96. The Morgan fingerprint density at radius 2 is 2.19 bits per heavy atom. The van der Waals surface area contributed by atoms with Crippen molar-refractivity contribution in [3.05, 3.63) is 10.5 Å². The van der Waals surface area contributed by atoms with Gasteiger partial charge < -0.3 is 10.5 Å². The summed E-state index contributed by atoms with van der Waals surface area (Å²) in [5.41, 5.74) is 4.83. The number of esters is 1. The zero-order valence-electron chi connectivity index (χ0n) is 12.8. The van der Waals surface area contributed by atoms with Crippen molar-refractivity contribution in [1.29, 1.82) is 0 Å². The summed E-state index contributed by atoms with van der Waals surface area (Å²) < 4.78 is 6.54. The van der Waals surface area contributed by atoms with Gasteiger partial charge in [-0.1, -0.05) is 18.2 Å². The summed E-state index contributed by atoms with van der Waals surface area (Å²) in [5, 5.41) is 7.11. The molecule has 0 aliphatic heterocycles. The molecule has 120 valence electrons. The zero-order valence-corrected chi connectivity index (χ0v) is 13.7. The number of aromatic amines is 1. The monoisotopic (exact) mass is 316 g/mol. The number of rotatable bonds is 9. The Hall–Kier alpha value is -1.28. The zero-order chi connectivity index (χ0) is 15.9. The summed E-state index contributed by atoms with van der Waals surface area (Å²) in [6.45, 7) is 6.30. The first-order valence-electron chi connectivity index (χ1n) is 7.16. The van der Waals surface area contributed by atoms with Crippen molar-refractivity contribution in [2.24, 2.45) is 5.73 Å². The van der Waals surface area contributed by atoms with Crippen molar-refractivity contribution in [3.8, 4) is 0 Å². The van der Waals surface area contributed by atoms with E-state index in [9.17, 15) is 9.59 Å². The van der Waals surface area contributed by atoms with Crippen molar-refractivity contribution in [1.82, 2.24) is 14.8 Å². The van der Waals surface area contributed by atoms with Gasteiger partial charge in [-0.2, -0.15) is 0 Å². The third-order valence-corrected chi connectivity index (χ3v) is 4.17. The fourth-order valence-electron chi connectivity index (χ4n) is 1.85. The highest BCUT2D eigenvalue weighted by Crippen LogP contribution is 2.18. The number of H-pyrrole nitrogens is 1. The van der Waals surface area contributed by atoms with Crippen molar-refractivity contribution < 1.29 is 9.53 Å². The second-order valence-corrected chi connectivity index (χ2v) is 6.06. The highest BCUT2D eigenvalue weighted by atomic mass is 32.2. The lowest BCUT2D eigenvalue weighted by molar-refractivity contribution is -0.149. The van der Waals surface area contributed by atoms with Crippen LogP contribution in [0.25, 0.3) is 0 Å². The molecule has 0 bridgehead atoms. The molecular weight excluding hydrogens is 292 g/mol. The van der Waals surface area contributed by atoms with E-state index < -0.39 is 5.54 Å². The first-order chi connectivity index (χ1) is 9.92. The summed E-state index contributed by atoms with van der Waals surface area (Å²) in [6.07, 6.45) is 2.29. The number of carbonyl (C=O) groups excluding carboxylic acids is 1. The molecular formula is C13H24N4O3S. The minimum atomic E-state index is -0.932. The van der Waals surface area contributed by atoms with Crippen LogP contribution in [0.5, 0.6) is 0 Å². The molecule has 0 aliphatic carbocycles. The predicted octanol–water partition coefficient (Wildman–Crippen LogP) is 1.13. The molecule has 1 aromatic rings. The van der Waals surface area contributed by atoms with E-state index in [1.807, 2.05) is 6.92 Å². The molecule has 7 nitrogen and oxygen atoms in total. The second-order valence-electron chi connectivity index (χ2n) is 5.00. The van der Waals surface area contributed by atoms with E-state index in [2.05, 4.69) is 10.2 Å². The lowest BCUT2D eigenvalue weighted by Crippen LogP contribution is -2.46. The van der Waals surface area contributed by atoms with Gasteiger partial charge in [0.1, 0.15) is 5.54 Å². The minimum absolute atomic E-state index is 0.183. The van der Waals surface area contributed by atoms with E-state index in [1.165, 1.54) is 11.8 Å². The number of thioether (sulfide) groups is 1. The number of nitrogens with zero attached hydrogens (tertiary/aromatic N) is 2. The molecule has 21 heavy (non-hydrogen) atoms. The normalized spacial score (nSPS) is 13.9. The van der Waals surface area contributed by atoms with Crippen LogP contribution < -0.4 is 11.4 Å². The molecule has 0 aliphatic rings. The largest absolute Gasteiger partial charge is 0.465 e. The SMILES string of the molecule is CCOC(=O)C(C)(N)CCCCSc1n[nH]c(=O)n1CC. The van der Waals surface area contributed by atoms with Gasteiger partial charge in [0.05, 0.1) is 6.61 Å². The number of unbranched alkanes of at least 4 members (excludes halogenated alkanes) is 1. The quantitative estimate of drug-likeness (QED) is 0.402. The van der Waals surface area contributed by atoms with Gasteiger partial charge in [-0.25, -0.2) is 9.89 Å². The summed E-state index contributed by atoms with van der Waals surface area (Å²) in [6, 6.07) is 0. The third kappa shape index (κ3) is 5.20. The number of ether oxygens (including phenoxy) is 1. The molecule has 1 atom stereocenters. The molecule has 0 amide bonds. The Morgan fingerprint density at radius 1 is 1.48 bits per heavy atom. The molecule has 0 radical (unpaired) electrons. The van der Waals surface area contributed by atoms with E-state index in [0.29, 0.717) is 24.7 Å². The van der Waals surface area contributed by atoms with Crippen LogP contribution in [0.15, 0.2) is 9.95 Å². The number of hydrogen-bond donors (Lipinski definition) is 2. The Labute approximate surface area is 128 Å². The Morgan fingerprint density at radius 3 is 2.81 bits per heavy atom. The standard InChI is InChI=1S/C13H24N4O3S/c1-4-17-11(19)15-16-12(17)21-9-7-6-8-13(3,14)10(18)20-5-2/h4-9,14H2,1-3H3,(H,15,19). The van der Waals surface area contributed by atoms with Crippen molar-refractivity contribution in [2.75, 3.05) is 12.4 Å². The molecule has 1 aromatic heterocycles. The van der Waals surface area contributed by atoms with Gasteiger partial charge in [-0.3, -0.25) is 9.36 Å². The van der Waals surface area contributed by atoms with E-state index in [4.69, 9.17) is 10.5 Å². The Bertz CT molecular complexity index is 510. The molecule has 0 aromatic carbocycles.